The second-order valence-corrected chi connectivity index (χ2v) is 8.25. The van der Waals surface area contributed by atoms with E-state index in [0.29, 0.717) is 16.5 Å². The van der Waals surface area contributed by atoms with Crippen molar-refractivity contribution >= 4 is 29.1 Å². The SMILES string of the molecule is COc1ccc(Cl)cc1NC(=O)[C@@H](NC(=O)C(c1ccccc1)c1ccccc1)C(C)C. The Morgan fingerprint density at radius 1 is 0.844 bits per heavy atom. The highest BCUT2D eigenvalue weighted by Crippen LogP contribution is 2.29. The van der Waals surface area contributed by atoms with E-state index in [1.807, 2.05) is 74.5 Å². The predicted octanol–water partition coefficient (Wildman–Crippen LogP) is 5.26. The number of halogens is 1. The van der Waals surface area contributed by atoms with Gasteiger partial charge in [-0.2, -0.15) is 0 Å². The van der Waals surface area contributed by atoms with E-state index >= 15 is 0 Å². The number of hydrogen-bond donors (Lipinski definition) is 2. The van der Waals surface area contributed by atoms with Crippen LogP contribution in [-0.4, -0.2) is 25.0 Å². The van der Waals surface area contributed by atoms with Crippen molar-refractivity contribution in [3.05, 3.63) is 95.0 Å². The van der Waals surface area contributed by atoms with Gasteiger partial charge in [0.25, 0.3) is 0 Å². The number of ether oxygens (including phenoxy) is 1. The number of benzene rings is 3. The van der Waals surface area contributed by atoms with Gasteiger partial charge in [0.2, 0.25) is 11.8 Å². The van der Waals surface area contributed by atoms with E-state index < -0.39 is 12.0 Å². The summed E-state index contributed by atoms with van der Waals surface area (Å²) in [6, 6.07) is 23.3. The second kappa shape index (κ2) is 10.8. The van der Waals surface area contributed by atoms with Gasteiger partial charge in [0.15, 0.2) is 0 Å². The maximum atomic E-state index is 13.5. The van der Waals surface area contributed by atoms with Crippen LogP contribution in [0.2, 0.25) is 5.02 Å². The van der Waals surface area contributed by atoms with E-state index in [0.717, 1.165) is 11.1 Å². The van der Waals surface area contributed by atoms with Gasteiger partial charge in [-0.25, -0.2) is 0 Å². The van der Waals surface area contributed by atoms with E-state index in [4.69, 9.17) is 16.3 Å². The largest absolute Gasteiger partial charge is 0.495 e. The van der Waals surface area contributed by atoms with Gasteiger partial charge < -0.3 is 15.4 Å². The van der Waals surface area contributed by atoms with Crippen molar-refractivity contribution < 1.29 is 14.3 Å². The molecule has 0 saturated heterocycles. The smallest absolute Gasteiger partial charge is 0.247 e. The number of hydrogen-bond acceptors (Lipinski definition) is 3. The summed E-state index contributed by atoms with van der Waals surface area (Å²) >= 11 is 6.08. The first-order chi connectivity index (χ1) is 15.4. The molecule has 0 spiro atoms. The van der Waals surface area contributed by atoms with Crippen LogP contribution < -0.4 is 15.4 Å². The fourth-order valence-electron chi connectivity index (χ4n) is 3.55. The third kappa shape index (κ3) is 5.68. The highest BCUT2D eigenvalue weighted by atomic mass is 35.5. The lowest BCUT2D eigenvalue weighted by atomic mass is 9.89. The molecular formula is C26H27ClN2O3. The van der Waals surface area contributed by atoms with Crippen LogP contribution in [0.25, 0.3) is 0 Å². The fourth-order valence-corrected chi connectivity index (χ4v) is 3.72. The number of anilines is 1. The van der Waals surface area contributed by atoms with Gasteiger partial charge in [0.05, 0.1) is 18.7 Å². The van der Waals surface area contributed by atoms with E-state index in [1.54, 1.807) is 18.2 Å². The van der Waals surface area contributed by atoms with Crippen molar-refractivity contribution in [2.45, 2.75) is 25.8 Å². The lowest BCUT2D eigenvalue weighted by Crippen LogP contribution is -2.48. The summed E-state index contributed by atoms with van der Waals surface area (Å²) in [5, 5.41) is 6.28. The highest BCUT2D eigenvalue weighted by molar-refractivity contribution is 6.31. The molecular weight excluding hydrogens is 424 g/mol. The molecule has 3 rings (SSSR count). The maximum absolute atomic E-state index is 13.5. The van der Waals surface area contributed by atoms with Gasteiger partial charge in [0, 0.05) is 5.02 Å². The third-order valence-electron chi connectivity index (χ3n) is 5.19. The second-order valence-electron chi connectivity index (χ2n) is 7.82. The Kier molecular flexibility index (Phi) is 7.90. The Morgan fingerprint density at radius 2 is 1.41 bits per heavy atom. The molecule has 0 aromatic heterocycles. The van der Waals surface area contributed by atoms with E-state index in [1.165, 1.54) is 7.11 Å². The van der Waals surface area contributed by atoms with Crippen LogP contribution in [0.5, 0.6) is 5.75 Å². The molecule has 0 unspecified atom stereocenters. The number of methoxy groups -OCH3 is 1. The molecule has 1 atom stereocenters. The van der Waals surface area contributed by atoms with E-state index in [-0.39, 0.29) is 17.7 Å². The first kappa shape index (κ1) is 23.4. The summed E-state index contributed by atoms with van der Waals surface area (Å²) in [4.78, 5) is 26.6. The molecule has 166 valence electrons. The Balaban J connectivity index is 1.86. The average Bonchev–Trinajstić information content (AvgIpc) is 2.79. The van der Waals surface area contributed by atoms with Crippen molar-refractivity contribution in [2.75, 3.05) is 12.4 Å². The van der Waals surface area contributed by atoms with Gasteiger partial charge in [0.1, 0.15) is 11.8 Å². The predicted molar refractivity (Wildman–Crippen MR) is 128 cm³/mol. The molecule has 0 aliphatic carbocycles. The molecule has 3 aromatic carbocycles. The quantitative estimate of drug-likeness (QED) is 0.492. The van der Waals surface area contributed by atoms with Gasteiger partial charge in [-0.3, -0.25) is 9.59 Å². The van der Waals surface area contributed by atoms with Crippen LogP contribution in [0, 0.1) is 5.92 Å². The molecule has 2 amide bonds. The van der Waals surface area contributed by atoms with E-state index in [9.17, 15) is 9.59 Å². The number of carbonyl (C=O) groups excluding carboxylic acids is 2. The zero-order valence-corrected chi connectivity index (χ0v) is 19.1. The molecule has 2 N–H and O–H groups in total. The Labute approximate surface area is 193 Å². The number of amides is 2. The van der Waals surface area contributed by atoms with Crippen LogP contribution in [0.3, 0.4) is 0 Å². The topological polar surface area (TPSA) is 67.4 Å². The van der Waals surface area contributed by atoms with Crippen LogP contribution in [0.15, 0.2) is 78.9 Å². The fraction of sp³-hybridized carbons (Fsp3) is 0.231. The Morgan fingerprint density at radius 3 is 1.91 bits per heavy atom. The summed E-state index contributed by atoms with van der Waals surface area (Å²) in [5.41, 5.74) is 2.17. The lowest BCUT2D eigenvalue weighted by molar-refractivity contribution is -0.127. The van der Waals surface area contributed by atoms with Crippen LogP contribution in [0.4, 0.5) is 5.69 Å². The molecule has 0 heterocycles. The molecule has 32 heavy (non-hydrogen) atoms. The summed E-state index contributed by atoms with van der Waals surface area (Å²) in [7, 11) is 1.52. The summed E-state index contributed by atoms with van der Waals surface area (Å²) in [6.45, 7) is 3.78. The maximum Gasteiger partial charge on any atom is 0.247 e. The minimum absolute atomic E-state index is 0.142. The van der Waals surface area contributed by atoms with Crippen molar-refractivity contribution in [1.29, 1.82) is 0 Å². The van der Waals surface area contributed by atoms with Gasteiger partial charge >= 0.3 is 0 Å². The van der Waals surface area contributed by atoms with Crippen molar-refractivity contribution in [1.82, 2.24) is 5.32 Å². The molecule has 5 nitrogen and oxygen atoms in total. The van der Waals surface area contributed by atoms with Crippen molar-refractivity contribution in [2.24, 2.45) is 5.92 Å². The molecule has 0 aliphatic heterocycles. The molecule has 0 aliphatic rings. The molecule has 3 aromatic rings. The monoisotopic (exact) mass is 450 g/mol. The average molecular weight is 451 g/mol. The highest BCUT2D eigenvalue weighted by Gasteiger charge is 2.30. The van der Waals surface area contributed by atoms with Crippen LogP contribution in [0.1, 0.15) is 30.9 Å². The molecule has 0 radical (unpaired) electrons. The first-order valence-electron chi connectivity index (χ1n) is 10.5. The number of rotatable bonds is 8. The van der Waals surface area contributed by atoms with Crippen molar-refractivity contribution in [3.8, 4) is 5.75 Å². The molecule has 0 saturated carbocycles. The summed E-state index contributed by atoms with van der Waals surface area (Å²) in [5.74, 6) is -0.769. The Hall–Kier alpha value is -3.31. The molecule has 0 bridgehead atoms. The zero-order chi connectivity index (χ0) is 23.1. The minimum atomic E-state index is -0.749. The minimum Gasteiger partial charge on any atom is -0.495 e. The van der Waals surface area contributed by atoms with Crippen LogP contribution >= 0.6 is 11.6 Å². The van der Waals surface area contributed by atoms with Gasteiger partial charge in [-0.05, 0) is 35.2 Å². The molecule has 0 fully saturated rings. The van der Waals surface area contributed by atoms with Crippen LogP contribution in [-0.2, 0) is 9.59 Å². The summed E-state index contributed by atoms with van der Waals surface area (Å²) in [6.07, 6.45) is 0. The Bertz CT molecular complexity index is 1020. The third-order valence-corrected chi connectivity index (χ3v) is 5.43. The number of nitrogens with one attached hydrogen (secondary N) is 2. The lowest BCUT2D eigenvalue weighted by Gasteiger charge is -2.25. The first-order valence-corrected chi connectivity index (χ1v) is 10.8. The number of carbonyl (C=O) groups is 2. The molecule has 6 heteroatoms. The van der Waals surface area contributed by atoms with Gasteiger partial charge in [-0.1, -0.05) is 86.1 Å². The zero-order valence-electron chi connectivity index (χ0n) is 18.3. The van der Waals surface area contributed by atoms with E-state index in [2.05, 4.69) is 10.6 Å². The summed E-state index contributed by atoms with van der Waals surface area (Å²) < 4.78 is 5.32. The standard InChI is InChI=1S/C26H27ClN2O3/c1-17(2)24(26(31)28-21-16-20(27)14-15-22(21)32-3)29-25(30)23(18-10-6-4-7-11-18)19-12-8-5-9-13-19/h4-17,23-24H,1-3H3,(H,28,31)(H,29,30)/t24-/m0/s1. The van der Waals surface area contributed by atoms with Crippen molar-refractivity contribution in [3.63, 3.8) is 0 Å². The normalized spacial score (nSPS) is 11.8. The van der Waals surface area contributed by atoms with Gasteiger partial charge in [-0.15, -0.1) is 0 Å².